The van der Waals surface area contributed by atoms with Crippen LogP contribution in [0.2, 0.25) is 0 Å². The van der Waals surface area contributed by atoms with Crippen LogP contribution in [0.1, 0.15) is 22.3 Å². The minimum absolute atomic E-state index is 0.980. The maximum absolute atomic E-state index is 4.78. The Balaban J connectivity index is 1.04. The smallest absolute Gasteiger partial charge is 0.152 e. The molecule has 0 radical (unpaired) electrons. The SMILES string of the molecule is Cc1ccsc1-c1cnc(-c2ncc(-c3sc(-c4cc(C)c(-c5cnc(-c6ncc(-c7sccc7C)s6)s5)s4)cc3C)s2)s1. The largest absolute Gasteiger partial charge is 0.241 e. The van der Waals surface area contributed by atoms with Gasteiger partial charge in [0.15, 0.2) is 20.0 Å². The van der Waals surface area contributed by atoms with Crippen molar-refractivity contribution in [1.82, 2.24) is 19.9 Å². The van der Waals surface area contributed by atoms with Crippen LogP contribution in [-0.2, 0) is 0 Å². The zero-order valence-electron chi connectivity index (χ0n) is 23.8. The fraction of sp³-hybridized carbons (Fsp3) is 0.125. The lowest BCUT2D eigenvalue weighted by molar-refractivity contribution is 1.35. The van der Waals surface area contributed by atoms with Gasteiger partial charge in [-0.05, 0) is 85.0 Å². The molecule has 0 saturated heterocycles. The molecule has 8 heterocycles. The number of rotatable bonds is 7. The molecule has 0 aromatic carbocycles. The molecule has 0 unspecified atom stereocenters. The van der Waals surface area contributed by atoms with E-state index in [1.807, 2.05) is 47.5 Å². The van der Waals surface area contributed by atoms with Gasteiger partial charge >= 0.3 is 0 Å². The van der Waals surface area contributed by atoms with Crippen molar-refractivity contribution in [2.24, 2.45) is 0 Å². The van der Waals surface area contributed by atoms with Crippen molar-refractivity contribution in [2.75, 3.05) is 0 Å². The van der Waals surface area contributed by atoms with E-state index in [-0.39, 0.29) is 0 Å². The van der Waals surface area contributed by atoms with E-state index in [0.717, 1.165) is 20.0 Å². The highest BCUT2D eigenvalue weighted by atomic mass is 32.1. The molecule has 0 aliphatic rings. The third kappa shape index (κ3) is 5.21. The third-order valence-electron chi connectivity index (χ3n) is 7.09. The summed E-state index contributed by atoms with van der Waals surface area (Å²) >= 11 is 14.1. The van der Waals surface area contributed by atoms with E-state index in [1.54, 1.807) is 68.0 Å². The highest BCUT2D eigenvalue weighted by molar-refractivity contribution is 7.31. The Morgan fingerprint density at radius 2 is 0.727 bits per heavy atom. The molecule has 0 aliphatic heterocycles. The summed E-state index contributed by atoms with van der Waals surface area (Å²) in [4.78, 5) is 31.5. The Bertz CT molecular complexity index is 2100. The second-order valence-electron chi connectivity index (χ2n) is 10.2. The van der Waals surface area contributed by atoms with Crippen molar-refractivity contribution < 1.29 is 0 Å². The van der Waals surface area contributed by atoms with E-state index in [0.29, 0.717) is 0 Å². The van der Waals surface area contributed by atoms with Gasteiger partial charge in [0.1, 0.15) is 0 Å². The number of aromatic nitrogens is 4. The molecule has 0 spiro atoms. The van der Waals surface area contributed by atoms with Gasteiger partial charge in [-0.15, -0.1) is 90.7 Å². The van der Waals surface area contributed by atoms with Gasteiger partial charge in [-0.1, -0.05) is 0 Å². The van der Waals surface area contributed by atoms with Crippen LogP contribution >= 0.6 is 90.7 Å². The van der Waals surface area contributed by atoms with Crippen molar-refractivity contribution in [1.29, 1.82) is 0 Å². The summed E-state index contributed by atoms with van der Waals surface area (Å²) < 4.78 is 0. The molecule has 4 nitrogen and oxygen atoms in total. The van der Waals surface area contributed by atoms with Crippen molar-refractivity contribution in [2.45, 2.75) is 27.7 Å². The van der Waals surface area contributed by atoms with Gasteiger partial charge in [0, 0.05) is 54.1 Å². The highest BCUT2D eigenvalue weighted by Gasteiger charge is 2.20. The van der Waals surface area contributed by atoms with Gasteiger partial charge in [0.2, 0.25) is 0 Å². The van der Waals surface area contributed by atoms with Crippen molar-refractivity contribution in [3.8, 4) is 68.8 Å². The first kappa shape index (κ1) is 28.8. The van der Waals surface area contributed by atoms with Gasteiger partial charge < -0.3 is 0 Å². The lowest BCUT2D eigenvalue weighted by Crippen LogP contribution is -1.68. The topological polar surface area (TPSA) is 51.6 Å². The van der Waals surface area contributed by atoms with Crippen LogP contribution < -0.4 is 0 Å². The first-order chi connectivity index (χ1) is 21.4. The zero-order valence-corrected chi connectivity index (χ0v) is 30.4. The summed E-state index contributed by atoms with van der Waals surface area (Å²) in [6.07, 6.45) is 7.98. The Labute approximate surface area is 286 Å². The van der Waals surface area contributed by atoms with Crippen LogP contribution in [0.3, 0.4) is 0 Å². The highest BCUT2D eigenvalue weighted by Crippen LogP contribution is 2.48. The molecule has 8 aromatic rings. The average molecular weight is 719 g/mol. The molecule has 0 amide bonds. The van der Waals surface area contributed by atoms with Crippen molar-refractivity contribution in [3.63, 3.8) is 0 Å². The molecule has 8 aromatic heterocycles. The normalized spacial score (nSPS) is 11.6. The second kappa shape index (κ2) is 11.6. The molecule has 218 valence electrons. The summed E-state index contributed by atoms with van der Waals surface area (Å²) in [6.45, 7) is 8.71. The summed E-state index contributed by atoms with van der Waals surface area (Å²) in [6, 6.07) is 8.96. The van der Waals surface area contributed by atoms with E-state index in [4.69, 9.17) is 19.9 Å². The molecule has 0 aliphatic carbocycles. The quantitative estimate of drug-likeness (QED) is 0.165. The Morgan fingerprint density at radius 1 is 0.386 bits per heavy atom. The number of aryl methyl sites for hydroxylation is 4. The average Bonchev–Trinajstić information content (AvgIpc) is 3.83. The summed E-state index contributed by atoms with van der Waals surface area (Å²) in [5, 5.41) is 8.20. The lowest BCUT2D eigenvalue weighted by atomic mass is 10.2. The second-order valence-corrected chi connectivity index (χ2v) is 18.3. The molecule has 0 fully saturated rings. The Morgan fingerprint density at radius 3 is 1.05 bits per heavy atom. The van der Waals surface area contributed by atoms with Gasteiger partial charge in [-0.3, -0.25) is 0 Å². The summed E-state index contributed by atoms with van der Waals surface area (Å²) in [5.41, 5.74) is 5.16. The Kier molecular flexibility index (Phi) is 7.58. The van der Waals surface area contributed by atoms with Gasteiger partial charge in [0.05, 0.1) is 19.5 Å². The van der Waals surface area contributed by atoms with E-state index >= 15 is 0 Å². The molecule has 0 saturated carbocycles. The fourth-order valence-corrected chi connectivity index (χ4v) is 13.5. The standard InChI is InChI=1S/C32H22N4S8/c1-15-5-7-37-25(15)21-11-33-29(41-21)31-35-13-23(43-31)27-17(3)9-19(39-27)20-10-18(4)28(40-20)24-14-36-32(44-24)30-34-12-22(42-30)26-16(2)6-8-38-26/h5-14H,1-4H3. The van der Waals surface area contributed by atoms with Crippen molar-refractivity contribution in [3.05, 3.63) is 82.1 Å². The van der Waals surface area contributed by atoms with Crippen LogP contribution in [0.4, 0.5) is 0 Å². The van der Waals surface area contributed by atoms with Gasteiger partial charge in [0.25, 0.3) is 0 Å². The molecule has 0 bridgehead atoms. The molecular weight excluding hydrogens is 697 g/mol. The molecule has 0 N–H and O–H groups in total. The van der Waals surface area contributed by atoms with E-state index < -0.39 is 0 Å². The van der Waals surface area contributed by atoms with Gasteiger partial charge in [-0.2, -0.15) is 0 Å². The Hall–Kier alpha value is -2.68. The van der Waals surface area contributed by atoms with Crippen molar-refractivity contribution >= 4 is 90.7 Å². The summed E-state index contributed by atoms with van der Waals surface area (Å²) in [7, 11) is 0. The first-order valence-corrected chi connectivity index (χ1v) is 20.2. The predicted octanol–water partition coefficient (Wildman–Crippen LogP) is 12.7. The van der Waals surface area contributed by atoms with Crippen LogP contribution in [0.15, 0.2) is 59.8 Å². The van der Waals surface area contributed by atoms with E-state index in [2.05, 4.69) is 62.7 Å². The fourth-order valence-electron chi connectivity index (χ4n) is 4.86. The first-order valence-electron chi connectivity index (χ1n) is 13.6. The molecule has 12 heteroatoms. The van der Waals surface area contributed by atoms with Crippen LogP contribution in [0, 0.1) is 27.7 Å². The molecule has 0 atom stereocenters. The van der Waals surface area contributed by atoms with E-state index in [9.17, 15) is 0 Å². The van der Waals surface area contributed by atoms with Crippen LogP contribution in [0.5, 0.6) is 0 Å². The molecule has 44 heavy (non-hydrogen) atoms. The number of thiophene rings is 4. The number of hydrogen-bond acceptors (Lipinski definition) is 12. The molecule has 8 rings (SSSR count). The van der Waals surface area contributed by atoms with Crippen LogP contribution in [-0.4, -0.2) is 19.9 Å². The van der Waals surface area contributed by atoms with Crippen LogP contribution in [0.25, 0.3) is 68.8 Å². The molecular formula is C32H22N4S8. The minimum atomic E-state index is 0.980. The number of thiazole rings is 4. The zero-order chi connectivity index (χ0) is 29.9. The number of hydrogen-bond donors (Lipinski definition) is 0. The monoisotopic (exact) mass is 718 g/mol. The maximum atomic E-state index is 4.78. The third-order valence-corrected chi connectivity index (χ3v) is 16.8. The maximum Gasteiger partial charge on any atom is 0.152 e. The summed E-state index contributed by atoms with van der Waals surface area (Å²) in [5.74, 6) is 0. The number of nitrogens with zero attached hydrogens (tertiary/aromatic N) is 4. The van der Waals surface area contributed by atoms with Gasteiger partial charge in [-0.25, -0.2) is 19.9 Å². The lowest BCUT2D eigenvalue weighted by Gasteiger charge is -1.93. The van der Waals surface area contributed by atoms with E-state index in [1.165, 1.54) is 71.0 Å². The minimum Gasteiger partial charge on any atom is -0.241 e. The predicted molar refractivity (Wildman–Crippen MR) is 198 cm³/mol.